The number of aromatic carboxylic acids is 1. The van der Waals surface area contributed by atoms with Crippen molar-refractivity contribution in [3.8, 4) is 0 Å². The van der Waals surface area contributed by atoms with Gasteiger partial charge in [-0.25, -0.2) is 9.59 Å². The van der Waals surface area contributed by atoms with Gasteiger partial charge in [0.25, 0.3) is 0 Å². The van der Waals surface area contributed by atoms with Gasteiger partial charge in [0.2, 0.25) is 11.8 Å². The molecule has 3 aliphatic rings. The third-order valence-electron chi connectivity index (χ3n) is 7.80. The molecule has 4 N–H and O–H groups in total. The molecule has 0 spiro atoms. The first-order chi connectivity index (χ1) is 20.1. The van der Waals surface area contributed by atoms with Crippen molar-refractivity contribution in [3.05, 3.63) is 40.4 Å². The number of quaternary nitrogens is 1. The van der Waals surface area contributed by atoms with Gasteiger partial charge in [0, 0.05) is 40.7 Å². The van der Waals surface area contributed by atoms with Crippen LogP contribution in [0.25, 0.3) is 0 Å². The molecule has 0 bridgehead atoms. The zero-order valence-corrected chi connectivity index (χ0v) is 25.6. The molecule has 13 nitrogen and oxygen atoms in total. The smallest absolute Gasteiger partial charge is 0.356 e. The molecule has 2 amide bonds. The first-order valence-electron chi connectivity index (χ1n) is 14.1. The van der Waals surface area contributed by atoms with E-state index in [4.69, 9.17) is 4.74 Å². The summed E-state index contributed by atoms with van der Waals surface area (Å²) in [5.41, 5.74) is 0.449. The molecule has 3 aliphatic heterocycles. The van der Waals surface area contributed by atoms with Gasteiger partial charge in [0.1, 0.15) is 12.2 Å². The van der Waals surface area contributed by atoms with E-state index in [2.05, 4.69) is 10.6 Å². The van der Waals surface area contributed by atoms with Crippen molar-refractivity contribution in [2.24, 2.45) is 11.8 Å². The van der Waals surface area contributed by atoms with Crippen LogP contribution in [0.2, 0.25) is 0 Å². The van der Waals surface area contributed by atoms with Gasteiger partial charge in [0.15, 0.2) is 6.10 Å². The summed E-state index contributed by atoms with van der Waals surface area (Å²) in [6.07, 6.45) is -2.03. The summed E-state index contributed by atoms with van der Waals surface area (Å²) >= 11 is 1.36. The highest BCUT2D eigenvalue weighted by Gasteiger charge is 2.60. The molecule has 14 heteroatoms. The van der Waals surface area contributed by atoms with E-state index in [1.54, 1.807) is 6.07 Å². The van der Waals surface area contributed by atoms with Crippen LogP contribution in [-0.2, 0) is 23.9 Å². The maximum atomic E-state index is 13.6. The van der Waals surface area contributed by atoms with E-state index in [1.807, 2.05) is 28.1 Å². The number of carbonyl (C=O) groups excluding carboxylic acids is 4. The number of esters is 1. The SMILES string of the molecule is C[C@@H](O)[C@H]1C(=O)N2C(C(=O)OC(CC(=O)[O-])C[N+](C)(C)C)=C(S[C@@H]3CN[C@H](C(=O)Nc4cccc(C(=O)O)c4)C3)[C@H](C)[C@H]12. The normalized spacial score (nSPS) is 26.4. The Hall–Kier alpha value is -3.46. The number of thioether (sulfide) groups is 1. The fraction of sp³-hybridized carbons (Fsp3) is 0.552. The summed E-state index contributed by atoms with van der Waals surface area (Å²) in [7, 11) is 5.50. The Balaban J connectivity index is 1.53. The van der Waals surface area contributed by atoms with Crippen LogP contribution in [-0.4, -0.2) is 113 Å². The number of aliphatic hydroxyl groups excluding tert-OH is 1. The maximum Gasteiger partial charge on any atom is 0.356 e. The number of benzene rings is 1. The van der Waals surface area contributed by atoms with Crippen molar-refractivity contribution < 1.29 is 48.5 Å². The molecule has 0 saturated carbocycles. The van der Waals surface area contributed by atoms with E-state index in [0.717, 1.165) is 0 Å². The van der Waals surface area contributed by atoms with Crippen molar-refractivity contribution >= 4 is 47.2 Å². The second kappa shape index (κ2) is 12.6. The quantitative estimate of drug-likeness (QED) is 0.136. The number of rotatable bonds is 12. The summed E-state index contributed by atoms with van der Waals surface area (Å²) in [6, 6.07) is 4.90. The van der Waals surface area contributed by atoms with Gasteiger partial charge < -0.3 is 44.9 Å². The van der Waals surface area contributed by atoms with Gasteiger partial charge in [-0.15, -0.1) is 11.8 Å². The summed E-state index contributed by atoms with van der Waals surface area (Å²) in [5.74, 6) is -5.02. The minimum absolute atomic E-state index is 0.0465. The second-order valence-electron chi connectivity index (χ2n) is 12.4. The molecule has 7 atom stereocenters. The van der Waals surface area contributed by atoms with Gasteiger partial charge >= 0.3 is 11.9 Å². The molecular weight excluding hydrogens is 580 g/mol. The molecule has 2 fully saturated rings. The average molecular weight is 619 g/mol. The molecule has 2 saturated heterocycles. The third kappa shape index (κ3) is 7.20. The number of hydrogen-bond acceptors (Lipinski definition) is 10. The van der Waals surface area contributed by atoms with Crippen LogP contribution in [0, 0.1) is 11.8 Å². The molecule has 3 heterocycles. The number of carboxylic acid groups (broad SMARTS) is 2. The molecule has 4 rings (SSSR count). The van der Waals surface area contributed by atoms with Crippen LogP contribution >= 0.6 is 11.8 Å². The highest BCUT2D eigenvalue weighted by Crippen LogP contribution is 2.52. The number of ether oxygens (including phenoxy) is 1. The van der Waals surface area contributed by atoms with E-state index in [9.17, 15) is 39.3 Å². The summed E-state index contributed by atoms with van der Waals surface area (Å²) in [4.78, 5) is 64.3. The number of nitrogens with one attached hydrogen (secondary N) is 2. The lowest BCUT2D eigenvalue weighted by atomic mass is 9.79. The largest absolute Gasteiger partial charge is 0.550 e. The van der Waals surface area contributed by atoms with E-state index >= 15 is 0 Å². The fourth-order valence-corrected chi connectivity index (χ4v) is 7.42. The molecule has 0 radical (unpaired) electrons. The van der Waals surface area contributed by atoms with Gasteiger partial charge in [-0.3, -0.25) is 9.59 Å². The Morgan fingerprint density at radius 2 is 1.95 bits per heavy atom. The number of aliphatic carboxylic acids is 1. The van der Waals surface area contributed by atoms with Crippen molar-refractivity contribution in [1.82, 2.24) is 10.2 Å². The Bertz CT molecular complexity index is 1340. The van der Waals surface area contributed by atoms with Crippen molar-refractivity contribution in [3.63, 3.8) is 0 Å². The number of fused-ring (bicyclic) bond motifs is 1. The lowest BCUT2D eigenvalue weighted by molar-refractivity contribution is -0.873. The standard InChI is InChI=1S/C29H38N4O9S/c1-14-23-22(15(2)34)27(38)32(23)24(29(41)42-18(10-21(35)36)13-33(3,4)5)25(14)43-19-11-20(30-12-19)26(37)31-17-8-6-7-16(9-17)28(39)40/h6-9,14-15,18-20,22-23,30,34H,10-13H2,1-5H3,(H2-,31,35,36,37,39,40)/t14-,15-,18?,19+,20+,22-,23-/m1/s1. The van der Waals surface area contributed by atoms with Gasteiger partial charge in [0.05, 0.1) is 50.8 Å². The van der Waals surface area contributed by atoms with Gasteiger partial charge in [-0.1, -0.05) is 13.0 Å². The topological polar surface area (TPSA) is 185 Å². The Morgan fingerprint density at radius 3 is 2.56 bits per heavy atom. The van der Waals surface area contributed by atoms with Crippen molar-refractivity contribution in [2.75, 3.05) is 39.5 Å². The van der Waals surface area contributed by atoms with Crippen LogP contribution in [0.1, 0.15) is 37.0 Å². The highest BCUT2D eigenvalue weighted by molar-refractivity contribution is 8.03. The number of carbonyl (C=O) groups is 5. The third-order valence-corrected chi connectivity index (χ3v) is 9.31. The Labute approximate surface area is 253 Å². The maximum absolute atomic E-state index is 13.6. The van der Waals surface area contributed by atoms with Crippen LogP contribution in [0.15, 0.2) is 34.9 Å². The number of aliphatic hydroxyl groups is 1. The van der Waals surface area contributed by atoms with E-state index < -0.39 is 60.4 Å². The number of nitrogens with zero attached hydrogens (tertiary/aromatic N) is 2. The number of β-lactam (4-membered cyclic amide) rings is 1. The van der Waals surface area contributed by atoms with E-state index in [-0.39, 0.29) is 34.9 Å². The molecule has 43 heavy (non-hydrogen) atoms. The lowest BCUT2D eigenvalue weighted by Gasteiger charge is -2.46. The highest BCUT2D eigenvalue weighted by atomic mass is 32.2. The summed E-state index contributed by atoms with van der Waals surface area (Å²) in [6.45, 7) is 4.03. The van der Waals surface area contributed by atoms with E-state index in [0.29, 0.717) is 28.0 Å². The van der Waals surface area contributed by atoms with Crippen LogP contribution in [0.3, 0.4) is 0 Å². The summed E-state index contributed by atoms with van der Waals surface area (Å²) in [5, 5.41) is 36.7. The van der Waals surface area contributed by atoms with Crippen LogP contribution in [0.4, 0.5) is 5.69 Å². The number of likely N-dealkylation sites (N-methyl/N-ethyl adjacent to an activating group) is 1. The van der Waals surface area contributed by atoms with Gasteiger partial charge in [-0.05, 0) is 31.5 Å². The fourth-order valence-electron chi connectivity index (χ4n) is 5.95. The molecular formula is C29H38N4O9S. The first kappa shape index (κ1) is 32.5. The molecule has 0 aliphatic carbocycles. The predicted molar refractivity (Wildman–Crippen MR) is 154 cm³/mol. The minimum atomic E-state index is -1.36. The van der Waals surface area contributed by atoms with E-state index in [1.165, 1.54) is 41.8 Å². The number of anilines is 1. The van der Waals surface area contributed by atoms with Crippen molar-refractivity contribution in [1.29, 1.82) is 0 Å². The molecule has 1 aromatic rings. The first-order valence-corrected chi connectivity index (χ1v) is 15.0. The zero-order chi connectivity index (χ0) is 31.8. The summed E-state index contributed by atoms with van der Waals surface area (Å²) < 4.78 is 6.02. The Morgan fingerprint density at radius 1 is 1.26 bits per heavy atom. The minimum Gasteiger partial charge on any atom is -0.550 e. The zero-order valence-electron chi connectivity index (χ0n) is 24.7. The number of amides is 2. The van der Waals surface area contributed by atoms with Gasteiger partial charge in [-0.2, -0.15) is 0 Å². The average Bonchev–Trinajstić information content (AvgIpc) is 3.44. The van der Waals surface area contributed by atoms with Crippen LogP contribution in [0.5, 0.6) is 0 Å². The molecule has 1 unspecified atom stereocenters. The molecule has 1 aromatic carbocycles. The predicted octanol–water partition coefficient (Wildman–Crippen LogP) is -0.386. The van der Waals surface area contributed by atoms with Crippen molar-refractivity contribution in [2.45, 2.75) is 56.2 Å². The second-order valence-corrected chi connectivity index (χ2v) is 13.7. The molecule has 234 valence electrons. The number of carboxylic acids is 2. The number of hydrogen-bond donors (Lipinski definition) is 4. The Kier molecular flexibility index (Phi) is 9.54. The lowest BCUT2D eigenvalue weighted by Crippen LogP contribution is -2.63. The van der Waals surface area contributed by atoms with Crippen LogP contribution < -0.4 is 15.7 Å². The monoisotopic (exact) mass is 618 g/mol. The molecule has 0 aromatic heterocycles.